The minimum absolute atomic E-state index is 0.191. The largest absolute Gasteiger partial charge is 0.473 e. The van der Waals surface area contributed by atoms with Crippen LogP contribution >= 0.6 is 34.8 Å². The summed E-state index contributed by atoms with van der Waals surface area (Å²) in [5.74, 6) is -0.382. The van der Waals surface area contributed by atoms with Gasteiger partial charge in [0.05, 0.1) is 6.61 Å². The first kappa shape index (κ1) is 20.8. The maximum Gasteiger partial charge on any atom is 0.265 e. The van der Waals surface area contributed by atoms with E-state index < -0.39 is 12.1 Å². The molecule has 0 atom stereocenters. The van der Waals surface area contributed by atoms with Crippen molar-refractivity contribution in [1.29, 1.82) is 5.41 Å². The number of ether oxygens (including phenoxy) is 1. The molecule has 0 aromatic heterocycles. The standard InChI is InChI=1S/C16H24Cl3NO2Si/c1-15(2,3)23(4,5)22-11-13-8-6-12(7-9-13)10-21-14(20)16(17,18)19/h6-9,20H,10-11H2,1-5H3. The fraction of sp³-hybridized carbons (Fsp3) is 0.562. The highest BCUT2D eigenvalue weighted by Gasteiger charge is 2.37. The topological polar surface area (TPSA) is 42.3 Å². The van der Waals surface area contributed by atoms with Crippen LogP contribution in [0, 0.1) is 5.41 Å². The molecule has 130 valence electrons. The van der Waals surface area contributed by atoms with E-state index in [9.17, 15) is 0 Å². The highest BCUT2D eigenvalue weighted by molar-refractivity contribution is 6.76. The lowest BCUT2D eigenvalue weighted by Crippen LogP contribution is -2.40. The molecule has 0 radical (unpaired) electrons. The molecule has 0 fully saturated rings. The van der Waals surface area contributed by atoms with Gasteiger partial charge in [0, 0.05) is 0 Å². The van der Waals surface area contributed by atoms with Crippen LogP contribution in [0.3, 0.4) is 0 Å². The Balaban J connectivity index is 2.56. The van der Waals surface area contributed by atoms with E-state index in [0.717, 1.165) is 11.1 Å². The van der Waals surface area contributed by atoms with E-state index in [1.54, 1.807) is 0 Å². The summed E-state index contributed by atoms with van der Waals surface area (Å²) in [6.07, 6.45) is 0. The molecule has 1 aromatic rings. The lowest BCUT2D eigenvalue weighted by Gasteiger charge is -2.36. The molecule has 0 bridgehead atoms. The average molecular weight is 397 g/mol. The number of alkyl halides is 3. The van der Waals surface area contributed by atoms with Crippen LogP contribution in [0.15, 0.2) is 24.3 Å². The summed E-state index contributed by atoms with van der Waals surface area (Å²) in [5.41, 5.74) is 2.01. The molecule has 0 heterocycles. The molecule has 23 heavy (non-hydrogen) atoms. The van der Waals surface area contributed by atoms with Gasteiger partial charge >= 0.3 is 0 Å². The summed E-state index contributed by atoms with van der Waals surface area (Å²) >= 11 is 16.7. The van der Waals surface area contributed by atoms with Crippen LogP contribution < -0.4 is 0 Å². The number of hydrogen-bond acceptors (Lipinski definition) is 3. The van der Waals surface area contributed by atoms with Gasteiger partial charge in [-0.05, 0) is 29.3 Å². The van der Waals surface area contributed by atoms with Gasteiger partial charge in [-0.15, -0.1) is 0 Å². The monoisotopic (exact) mass is 395 g/mol. The van der Waals surface area contributed by atoms with Gasteiger partial charge in [-0.3, -0.25) is 5.41 Å². The van der Waals surface area contributed by atoms with E-state index in [4.69, 9.17) is 49.4 Å². The van der Waals surface area contributed by atoms with Crippen molar-refractivity contribution in [3.8, 4) is 0 Å². The van der Waals surface area contributed by atoms with Gasteiger partial charge in [0.2, 0.25) is 5.90 Å². The summed E-state index contributed by atoms with van der Waals surface area (Å²) in [4.78, 5) is 0. The Morgan fingerprint density at radius 1 is 1.00 bits per heavy atom. The van der Waals surface area contributed by atoms with E-state index in [0.29, 0.717) is 6.61 Å². The van der Waals surface area contributed by atoms with Crippen LogP contribution in [0.1, 0.15) is 31.9 Å². The molecule has 1 rings (SSSR count). The van der Waals surface area contributed by atoms with Gasteiger partial charge in [-0.1, -0.05) is 79.8 Å². The van der Waals surface area contributed by atoms with Crippen LogP contribution in [0.2, 0.25) is 18.1 Å². The van der Waals surface area contributed by atoms with Crippen molar-refractivity contribution < 1.29 is 9.16 Å². The Kier molecular flexibility index (Phi) is 7.00. The lowest BCUT2D eigenvalue weighted by molar-refractivity contribution is 0.275. The smallest absolute Gasteiger partial charge is 0.265 e. The van der Waals surface area contributed by atoms with Crippen LogP contribution in [0.5, 0.6) is 0 Å². The van der Waals surface area contributed by atoms with Crippen LogP contribution in [0.25, 0.3) is 0 Å². The van der Waals surface area contributed by atoms with Gasteiger partial charge in [0.1, 0.15) is 6.61 Å². The molecule has 1 aromatic carbocycles. The summed E-state index contributed by atoms with van der Waals surface area (Å²) in [5, 5.41) is 7.68. The summed E-state index contributed by atoms with van der Waals surface area (Å²) in [6.45, 7) is 11.9. The molecule has 0 spiro atoms. The second-order valence-electron chi connectivity index (χ2n) is 6.98. The fourth-order valence-electron chi connectivity index (χ4n) is 1.45. The molecular formula is C16H24Cl3NO2Si. The van der Waals surface area contributed by atoms with Gasteiger partial charge in [0.15, 0.2) is 8.32 Å². The quantitative estimate of drug-likeness (QED) is 0.284. The fourth-order valence-corrected chi connectivity index (χ4v) is 2.57. The molecule has 0 unspecified atom stereocenters. The number of halogens is 3. The van der Waals surface area contributed by atoms with Crippen molar-refractivity contribution >= 4 is 49.0 Å². The molecule has 3 nitrogen and oxygen atoms in total. The van der Waals surface area contributed by atoms with Gasteiger partial charge in [-0.2, -0.15) is 0 Å². The normalized spacial score (nSPS) is 13.0. The number of benzene rings is 1. The van der Waals surface area contributed by atoms with E-state index in [1.165, 1.54) is 0 Å². The molecular weight excluding hydrogens is 373 g/mol. The maximum atomic E-state index is 7.49. The third-order valence-electron chi connectivity index (χ3n) is 4.07. The zero-order valence-corrected chi connectivity index (χ0v) is 17.4. The second kappa shape index (κ2) is 7.75. The summed E-state index contributed by atoms with van der Waals surface area (Å²) in [6, 6.07) is 7.83. The van der Waals surface area contributed by atoms with Crippen molar-refractivity contribution in [3.05, 3.63) is 35.4 Å². The van der Waals surface area contributed by atoms with Gasteiger partial charge < -0.3 is 9.16 Å². The number of hydrogen-bond donors (Lipinski definition) is 1. The van der Waals surface area contributed by atoms with Crippen molar-refractivity contribution in [3.63, 3.8) is 0 Å². The van der Waals surface area contributed by atoms with Crippen molar-refractivity contribution in [2.24, 2.45) is 0 Å². The molecule has 0 amide bonds. The first-order chi connectivity index (χ1) is 10.3. The first-order valence-corrected chi connectivity index (χ1v) is 11.4. The van der Waals surface area contributed by atoms with E-state index >= 15 is 0 Å². The molecule has 0 saturated carbocycles. The zero-order chi connectivity index (χ0) is 17.9. The maximum absolute atomic E-state index is 7.49. The highest BCUT2D eigenvalue weighted by Crippen LogP contribution is 2.37. The zero-order valence-electron chi connectivity index (χ0n) is 14.2. The lowest BCUT2D eigenvalue weighted by atomic mass is 10.1. The predicted molar refractivity (Wildman–Crippen MR) is 101 cm³/mol. The third kappa shape index (κ3) is 6.63. The highest BCUT2D eigenvalue weighted by atomic mass is 35.6. The van der Waals surface area contributed by atoms with Crippen molar-refractivity contribution in [1.82, 2.24) is 0 Å². The Morgan fingerprint density at radius 2 is 1.43 bits per heavy atom. The van der Waals surface area contributed by atoms with E-state index in [-0.39, 0.29) is 17.5 Å². The van der Waals surface area contributed by atoms with Crippen molar-refractivity contribution in [2.75, 3.05) is 0 Å². The molecule has 7 heteroatoms. The molecule has 0 aliphatic carbocycles. The molecule has 1 N–H and O–H groups in total. The Bertz CT molecular complexity index is 534. The third-order valence-corrected chi connectivity index (χ3v) is 9.06. The van der Waals surface area contributed by atoms with E-state index in [2.05, 4.69) is 33.9 Å². The van der Waals surface area contributed by atoms with Gasteiger partial charge in [0.25, 0.3) is 3.79 Å². The Morgan fingerprint density at radius 3 is 1.83 bits per heavy atom. The Hall–Kier alpha value is -0.263. The minimum atomic E-state index is -1.82. The first-order valence-electron chi connectivity index (χ1n) is 7.33. The van der Waals surface area contributed by atoms with Crippen LogP contribution in [0.4, 0.5) is 0 Å². The van der Waals surface area contributed by atoms with Crippen molar-refractivity contribution in [2.45, 2.75) is 55.9 Å². The number of rotatable bonds is 5. The molecule has 0 aliphatic heterocycles. The number of nitrogens with one attached hydrogen (secondary N) is 1. The van der Waals surface area contributed by atoms with Crippen LogP contribution in [-0.4, -0.2) is 18.0 Å². The summed E-state index contributed by atoms with van der Waals surface area (Å²) < 4.78 is 9.52. The van der Waals surface area contributed by atoms with Gasteiger partial charge in [-0.25, -0.2) is 0 Å². The Labute approximate surface area is 154 Å². The summed E-state index contributed by atoms with van der Waals surface area (Å²) in [7, 11) is -1.75. The molecule has 0 aliphatic rings. The SMILES string of the molecule is CC(C)(C)[Si](C)(C)OCc1ccc(COC(=N)C(Cl)(Cl)Cl)cc1. The average Bonchev–Trinajstić information content (AvgIpc) is 2.41. The van der Waals surface area contributed by atoms with Crippen LogP contribution in [-0.2, 0) is 22.4 Å². The minimum Gasteiger partial charge on any atom is -0.473 e. The second-order valence-corrected chi connectivity index (χ2v) is 14.1. The molecule has 0 saturated heterocycles. The van der Waals surface area contributed by atoms with E-state index in [1.807, 2.05) is 24.3 Å². The predicted octanol–water partition coefficient (Wildman–Crippen LogP) is 6.07.